The highest BCUT2D eigenvalue weighted by atomic mass is 16.5. The zero-order chi connectivity index (χ0) is 30.0. The van der Waals surface area contributed by atoms with E-state index >= 15 is 0 Å². The topological polar surface area (TPSA) is 164 Å². The molecule has 1 aliphatic carbocycles. The summed E-state index contributed by atoms with van der Waals surface area (Å²) in [6, 6.07) is 9.29. The number of methoxy groups -OCH3 is 2. The molecule has 3 heterocycles. The van der Waals surface area contributed by atoms with Gasteiger partial charge in [0.15, 0.2) is 11.3 Å². The number of fused-ring (bicyclic) bond motifs is 1. The zero-order valence-corrected chi connectivity index (χ0v) is 24.4. The van der Waals surface area contributed by atoms with Gasteiger partial charge in [0.1, 0.15) is 29.2 Å². The van der Waals surface area contributed by atoms with Crippen LogP contribution >= 0.6 is 0 Å². The van der Waals surface area contributed by atoms with Crippen LogP contribution in [0, 0.1) is 19.8 Å². The summed E-state index contributed by atoms with van der Waals surface area (Å²) >= 11 is 0. The van der Waals surface area contributed by atoms with Crippen LogP contribution in [0.1, 0.15) is 36.7 Å². The Morgan fingerprint density at radius 3 is 2.43 bits per heavy atom. The molecule has 3 aromatic heterocycles. The van der Waals surface area contributed by atoms with Crippen molar-refractivity contribution in [2.45, 2.75) is 52.0 Å². The maximum absolute atomic E-state index is 11.4. The fraction of sp³-hybridized carbons (Fsp3) is 0.433. The van der Waals surface area contributed by atoms with Crippen LogP contribution in [-0.2, 0) is 6.54 Å². The van der Waals surface area contributed by atoms with Crippen LogP contribution in [0.2, 0.25) is 0 Å². The molecule has 0 saturated heterocycles. The molecule has 1 aliphatic rings. The SMILES string of the molecule is CCOc1nc(C)cc2cc(-c3c(C)nc(NCc4cc(OC)cc(OC)c4)nc3N[C@@]3(O)CC[C@H](CO)[C@H]3O)oc12. The number of aromatic nitrogens is 3. The van der Waals surface area contributed by atoms with Crippen LogP contribution in [0.5, 0.6) is 17.4 Å². The lowest BCUT2D eigenvalue weighted by molar-refractivity contribution is -0.0545. The number of ether oxygens (including phenoxy) is 3. The highest BCUT2D eigenvalue weighted by molar-refractivity contribution is 5.89. The largest absolute Gasteiger partial charge is 0.497 e. The van der Waals surface area contributed by atoms with Crippen LogP contribution in [0.3, 0.4) is 0 Å². The summed E-state index contributed by atoms with van der Waals surface area (Å²) in [6.45, 7) is 6.11. The highest BCUT2D eigenvalue weighted by Crippen LogP contribution is 2.41. The molecule has 0 amide bonds. The van der Waals surface area contributed by atoms with Gasteiger partial charge < -0.3 is 44.6 Å². The molecule has 1 fully saturated rings. The minimum Gasteiger partial charge on any atom is -0.497 e. The molecule has 12 nitrogen and oxygen atoms in total. The van der Waals surface area contributed by atoms with E-state index < -0.39 is 17.7 Å². The Hall–Kier alpha value is -4.13. The molecule has 5 N–H and O–H groups in total. The first-order chi connectivity index (χ1) is 20.2. The van der Waals surface area contributed by atoms with Gasteiger partial charge in [-0.15, -0.1) is 0 Å². The third-order valence-electron chi connectivity index (χ3n) is 7.48. The minimum atomic E-state index is -1.72. The number of rotatable bonds is 11. The molecule has 0 bridgehead atoms. The number of nitrogens with one attached hydrogen (secondary N) is 2. The van der Waals surface area contributed by atoms with Crippen LogP contribution in [-0.4, -0.2) is 69.5 Å². The van der Waals surface area contributed by atoms with E-state index in [0.717, 1.165) is 16.6 Å². The average molecular weight is 580 g/mol. The maximum atomic E-state index is 11.4. The molecule has 12 heteroatoms. The number of aryl methyl sites for hydroxylation is 2. The van der Waals surface area contributed by atoms with Gasteiger partial charge in [-0.05, 0) is 63.4 Å². The van der Waals surface area contributed by atoms with Gasteiger partial charge in [-0.3, -0.25) is 0 Å². The summed E-state index contributed by atoms with van der Waals surface area (Å²) in [5, 5.41) is 39.1. The normalized spacial score (nSPS) is 20.1. The molecule has 42 heavy (non-hydrogen) atoms. The van der Waals surface area contributed by atoms with Crippen LogP contribution < -0.4 is 24.8 Å². The van der Waals surface area contributed by atoms with E-state index in [1.54, 1.807) is 20.3 Å². The number of pyridine rings is 1. The van der Waals surface area contributed by atoms with E-state index in [-0.39, 0.29) is 18.8 Å². The monoisotopic (exact) mass is 579 g/mol. The second-order valence-electron chi connectivity index (χ2n) is 10.4. The summed E-state index contributed by atoms with van der Waals surface area (Å²) in [7, 11) is 3.18. The molecule has 224 valence electrons. The van der Waals surface area contributed by atoms with E-state index in [1.807, 2.05) is 45.0 Å². The summed E-state index contributed by atoms with van der Waals surface area (Å²) < 4.78 is 22.7. The van der Waals surface area contributed by atoms with Crippen molar-refractivity contribution in [3.63, 3.8) is 0 Å². The molecular weight excluding hydrogens is 542 g/mol. The van der Waals surface area contributed by atoms with Crippen LogP contribution in [0.15, 0.2) is 34.7 Å². The zero-order valence-electron chi connectivity index (χ0n) is 24.4. The predicted molar refractivity (Wildman–Crippen MR) is 157 cm³/mol. The van der Waals surface area contributed by atoms with Gasteiger partial charge in [-0.1, -0.05) is 0 Å². The summed E-state index contributed by atoms with van der Waals surface area (Å²) in [5.74, 6) is 2.21. The number of benzene rings is 1. The Kier molecular flexibility index (Phi) is 8.39. The van der Waals surface area contributed by atoms with Crippen molar-refractivity contribution < 1.29 is 33.9 Å². The molecule has 0 aliphatic heterocycles. The predicted octanol–water partition coefficient (Wildman–Crippen LogP) is 3.79. The van der Waals surface area contributed by atoms with Crippen molar-refractivity contribution in [2.75, 3.05) is 38.1 Å². The van der Waals surface area contributed by atoms with E-state index in [1.165, 1.54) is 0 Å². The van der Waals surface area contributed by atoms with Gasteiger partial charge in [0.05, 0.1) is 32.1 Å². The van der Waals surface area contributed by atoms with Crippen molar-refractivity contribution in [2.24, 2.45) is 5.92 Å². The van der Waals surface area contributed by atoms with Crippen molar-refractivity contribution in [1.82, 2.24) is 15.0 Å². The van der Waals surface area contributed by atoms with Gasteiger partial charge in [0.25, 0.3) is 5.88 Å². The Bertz CT molecular complexity index is 1550. The molecule has 1 aromatic carbocycles. The number of hydrogen-bond donors (Lipinski definition) is 5. The van der Waals surface area contributed by atoms with Gasteiger partial charge in [0.2, 0.25) is 5.95 Å². The van der Waals surface area contributed by atoms with E-state index in [9.17, 15) is 15.3 Å². The van der Waals surface area contributed by atoms with E-state index in [4.69, 9.17) is 23.6 Å². The minimum absolute atomic E-state index is 0.214. The number of hydrogen-bond acceptors (Lipinski definition) is 12. The third-order valence-corrected chi connectivity index (χ3v) is 7.48. The van der Waals surface area contributed by atoms with Crippen molar-refractivity contribution >= 4 is 22.7 Å². The molecule has 5 rings (SSSR count). The number of aliphatic hydroxyl groups excluding tert-OH is 2. The number of nitrogens with zero attached hydrogens (tertiary/aromatic N) is 3. The van der Waals surface area contributed by atoms with Gasteiger partial charge in [-0.25, -0.2) is 9.97 Å². The fourth-order valence-electron chi connectivity index (χ4n) is 5.33. The maximum Gasteiger partial charge on any atom is 0.258 e. The second-order valence-corrected chi connectivity index (χ2v) is 10.4. The van der Waals surface area contributed by atoms with Crippen molar-refractivity contribution in [1.29, 1.82) is 0 Å². The van der Waals surface area contributed by atoms with Crippen molar-refractivity contribution in [3.05, 3.63) is 47.3 Å². The Balaban J connectivity index is 1.56. The molecular formula is C30H37N5O7. The number of furan rings is 1. The first-order valence-electron chi connectivity index (χ1n) is 13.9. The van der Waals surface area contributed by atoms with E-state index in [2.05, 4.69) is 20.6 Å². The lowest BCUT2D eigenvalue weighted by atomic mass is 10.0. The molecule has 1 saturated carbocycles. The van der Waals surface area contributed by atoms with Gasteiger partial charge in [0, 0.05) is 36.2 Å². The molecule has 0 unspecified atom stereocenters. The highest BCUT2D eigenvalue weighted by Gasteiger charge is 2.47. The number of anilines is 2. The Morgan fingerprint density at radius 2 is 1.79 bits per heavy atom. The first kappa shape index (κ1) is 29.4. The second kappa shape index (κ2) is 12.0. The average Bonchev–Trinajstić information content (AvgIpc) is 3.51. The van der Waals surface area contributed by atoms with E-state index in [0.29, 0.717) is 65.5 Å². The van der Waals surface area contributed by atoms with Crippen molar-refractivity contribution in [3.8, 4) is 28.7 Å². The van der Waals surface area contributed by atoms with Gasteiger partial charge in [-0.2, -0.15) is 4.98 Å². The number of aliphatic hydroxyl groups is 3. The quantitative estimate of drug-likeness (QED) is 0.164. The lowest BCUT2D eigenvalue weighted by Crippen LogP contribution is -2.48. The smallest absolute Gasteiger partial charge is 0.258 e. The molecule has 0 spiro atoms. The summed E-state index contributed by atoms with van der Waals surface area (Å²) in [5.41, 5.74) is 1.49. The first-order valence-corrected chi connectivity index (χ1v) is 13.9. The third kappa shape index (κ3) is 5.78. The fourth-order valence-corrected chi connectivity index (χ4v) is 5.33. The Morgan fingerprint density at radius 1 is 1.05 bits per heavy atom. The summed E-state index contributed by atoms with van der Waals surface area (Å²) in [6.07, 6.45) is -0.554. The molecule has 4 aromatic rings. The van der Waals surface area contributed by atoms with Gasteiger partial charge >= 0.3 is 0 Å². The standard InChI is InChI=1S/C30H37N5O7/c1-6-41-28-25-20(9-16(2)32-28)12-23(42-25)24-17(3)33-29(31-14-18-10-21(39-4)13-22(11-18)40-5)34-27(24)35-30(38)8-7-19(15-36)26(30)37/h9-13,19,26,36-38H,6-8,14-15H2,1-5H3,(H2,31,33,34,35)/t19-,26-,30-/m1/s1. The Labute approximate surface area is 243 Å². The summed E-state index contributed by atoms with van der Waals surface area (Å²) in [4.78, 5) is 13.9. The van der Waals surface area contributed by atoms with Crippen LogP contribution in [0.4, 0.5) is 11.8 Å². The van der Waals surface area contributed by atoms with Crippen LogP contribution in [0.25, 0.3) is 22.3 Å². The molecule has 3 atom stereocenters. The molecule has 0 radical (unpaired) electrons. The lowest BCUT2D eigenvalue weighted by Gasteiger charge is -2.31.